The average Bonchev–Trinajstić information content (AvgIpc) is 2.35. The first-order chi connectivity index (χ1) is 10.2. The number of hydrogen-bond donors (Lipinski definition) is 2. The van der Waals surface area contributed by atoms with Crippen LogP contribution in [0.25, 0.3) is 10.8 Å². The number of nitrogens with one attached hydrogen (secondary N) is 2. The Hall–Kier alpha value is -1.82. The fourth-order valence-electron chi connectivity index (χ4n) is 2.04. The van der Waals surface area contributed by atoms with Crippen molar-refractivity contribution in [2.24, 2.45) is 0 Å². The van der Waals surface area contributed by atoms with Gasteiger partial charge in [0, 0.05) is 28.5 Å². The van der Waals surface area contributed by atoms with Crippen molar-refractivity contribution in [3.05, 3.63) is 44.8 Å². The lowest BCUT2D eigenvalue weighted by atomic mass is 10.1. The molecule has 0 aliphatic heterocycles. The van der Waals surface area contributed by atoms with Gasteiger partial charge in [0.15, 0.2) is 0 Å². The number of alkyl carbamates (subject to hydrolysis) is 1. The smallest absolute Gasteiger partial charge is 0.407 e. The fraction of sp³-hybridized carbons (Fsp3) is 0.375. The molecule has 2 N–H and O–H groups in total. The van der Waals surface area contributed by atoms with E-state index in [0.717, 1.165) is 15.6 Å². The van der Waals surface area contributed by atoms with Crippen LogP contribution >= 0.6 is 15.9 Å². The minimum Gasteiger partial charge on any atom is -0.444 e. The van der Waals surface area contributed by atoms with Crippen molar-refractivity contribution in [2.45, 2.75) is 32.8 Å². The lowest BCUT2D eigenvalue weighted by Crippen LogP contribution is -2.33. The molecule has 118 valence electrons. The number of rotatable bonds is 3. The van der Waals surface area contributed by atoms with Crippen LogP contribution in [-0.4, -0.2) is 23.2 Å². The van der Waals surface area contributed by atoms with Crippen molar-refractivity contribution >= 4 is 32.8 Å². The molecule has 0 atom stereocenters. The number of aromatic nitrogens is 1. The summed E-state index contributed by atoms with van der Waals surface area (Å²) in [7, 11) is 0. The molecular formula is C16H19BrN2O3. The third kappa shape index (κ3) is 4.59. The highest BCUT2D eigenvalue weighted by Gasteiger charge is 2.15. The zero-order valence-corrected chi connectivity index (χ0v) is 14.4. The van der Waals surface area contributed by atoms with E-state index in [-0.39, 0.29) is 5.56 Å². The molecule has 1 aromatic heterocycles. The van der Waals surface area contributed by atoms with Crippen molar-refractivity contribution in [3.8, 4) is 0 Å². The molecule has 0 aliphatic rings. The Bertz CT molecular complexity index is 747. The Morgan fingerprint density at radius 3 is 2.73 bits per heavy atom. The van der Waals surface area contributed by atoms with Crippen LogP contribution in [0.3, 0.4) is 0 Å². The third-order valence-corrected chi connectivity index (χ3v) is 3.42. The standard InChI is InChI=1S/C16H19BrN2O3/c1-16(2,3)22-15(21)18-7-6-12-9-10-8-11(17)4-5-13(10)14(20)19-12/h4-5,8-9H,6-7H2,1-3H3,(H,18,21)(H,19,20). The van der Waals surface area contributed by atoms with Gasteiger partial charge in [-0.3, -0.25) is 4.79 Å². The Kier molecular flexibility index (Phi) is 4.90. The van der Waals surface area contributed by atoms with Crippen LogP contribution < -0.4 is 10.9 Å². The van der Waals surface area contributed by atoms with Gasteiger partial charge in [0.05, 0.1) is 0 Å². The Balaban J connectivity index is 2.03. The number of pyridine rings is 1. The fourth-order valence-corrected chi connectivity index (χ4v) is 2.42. The molecule has 0 spiro atoms. The first-order valence-electron chi connectivity index (χ1n) is 7.03. The molecule has 0 bridgehead atoms. The largest absolute Gasteiger partial charge is 0.444 e. The van der Waals surface area contributed by atoms with Crippen LogP contribution in [0.4, 0.5) is 4.79 Å². The van der Waals surface area contributed by atoms with E-state index in [0.29, 0.717) is 18.4 Å². The SMILES string of the molecule is CC(C)(C)OC(=O)NCCc1cc2cc(Br)ccc2c(=O)[nH]1. The quantitative estimate of drug-likeness (QED) is 0.874. The number of carbonyl (C=O) groups is 1. The maximum Gasteiger partial charge on any atom is 0.407 e. The van der Waals surface area contributed by atoms with Gasteiger partial charge in [-0.25, -0.2) is 4.79 Å². The second-order valence-corrected chi connectivity index (χ2v) is 6.95. The summed E-state index contributed by atoms with van der Waals surface area (Å²) in [5.41, 5.74) is 0.122. The first kappa shape index (κ1) is 16.5. The number of amides is 1. The van der Waals surface area contributed by atoms with Crippen molar-refractivity contribution in [1.29, 1.82) is 0 Å². The van der Waals surface area contributed by atoms with Gasteiger partial charge in [-0.1, -0.05) is 15.9 Å². The number of hydrogen-bond acceptors (Lipinski definition) is 3. The molecule has 0 radical (unpaired) electrons. The summed E-state index contributed by atoms with van der Waals surface area (Å²) in [4.78, 5) is 26.4. The van der Waals surface area contributed by atoms with Gasteiger partial charge >= 0.3 is 6.09 Å². The second kappa shape index (κ2) is 6.52. The van der Waals surface area contributed by atoms with Crippen molar-refractivity contribution in [3.63, 3.8) is 0 Å². The molecule has 2 rings (SSSR count). The number of halogens is 1. The predicted molar refractivity (Wildman–Crippen MR) is 90.2 cm³/mol. The zero-order chi connectivity index (χ0) is 16.3. The third-order valence-electron chi connectivity index (χ3n) is 2.92. The average molecular weight is 367 g/mol. The van der Waals surface area contributed by atoms with Gasteiger partial charge in [-0.2, -0.15) is 0 Å². The highest BCUT2D eigenvalue weighted by Crippen LogP contribution is 2.17. The summed E-state index contributed by atoms with van der Waals surface area (Å²) in [6.45, 7) is 5.83. The minimum atomic E-state index is -0.520. The van der Waals surface area contributed by atoms with E-state index in [1.807, 2.05) is 39.0 Å². The van der Waals surface area contributed by atoms with E-state index in [1.165, 1.54) is 0 Å². The van der Waals surface area contributed by atoms with Crippen LogP contribution in [0.15, 0.2) is 33.5 Å². The predicted octanol–water partition coefficient (Wildman–Crippen LogP) is 3.36. The maximum absolute atomic E-state index is 12.0. The van der Waals surface area contributed by atoms with Crippen LogP contribution in [-0.2, 0) is 11.2 Å². The molecule has 0 saturated heterocycles. The van der Waals surface area contributed by atoms with Crippen LogP contribution in [0.5, 0.6) is 0 Å². The lowest BCUT2D eigenvalue weighted by molar-refractivity contribution is 0.0528. The highest BCUT2D eigenvalue weighted by atomic mass is 79.9. The van der Waals surface area contributed by atoms with E-state index >= 15 is 0 Å². The van der Waals surface area contributed by atoms with Gasteiger partial charge in [-0.05, 0) is 50.4 Å². The van der Waals surface area contributed by atoms with Gasteiger partial charge < -0.3 is 15.0 Å². The monoisotopic (exact) mass is 366 g/mol. The summed E-state index contributed by atoms with van der Waals surface area (Å²) >= 11 is 3.40. The summed E-state index contributed by atoms with van der Waals surface area (Å²) < 4.78 is 6.08. The van der Waals surface area contributed by atoms with E-state index in [1.54, 1.807) is 6.07 Å². The van der Waals surface area contributed by atoms with E-state index in [4.69, 9.17) is 4.74 Å². The lowest BCUT2D eigenvalue weighted by Gasteiger charge is -2.19. The number of benzene rings is 1. The molecule has 0 unspecified atom stereocenters. The molecule has 1 amide bonds. The highest BCUT2D eigenvalue weighted by molar-refractivity contribution is 9.10. The number of fused-ring (bicyclic) bond motifs is 1. The van der Waals surface area contributed by atoms with E-state index in [9.17, 15) is 9.59 Å². The van der Waals surface area contributed by atoms with E-state index in [2.05, 4.69) is 26.2 Å². The molecule has 0 fully saturated rings. The molecule has 2 aromatic rings. The van der Waals surface area contributed by atoms with Gasteiger partial charge in [0.25, 0.3) is 5.56 Å². The minimum absolute atomic E-state index is 0.128. The summed E-state index contributed by atoms with van der Waals surface area (Å²) in [5, 5.41) is 4.19. The molecule has 6 heteroatoms. The molecule has 1 aromatic carbocycles. The van der Waals surface area contributed by atoms with Crippen molar-refractivity contribution < 1.29 is 9.53 Å². The zero-order valence-electron chi connectivity index (χ0n) is 12.8. The van der Waals surface area contributed by atoms with Gasteiger partial charge in [0.2, 0.25) is 0 Å². The molecule has 0 saturated carbocycles. The first-order valence-corrected chi connectivity index (χ1v) is 7.82. The molecule has 1 heterocycles. The Morgan fingerprint density at radius 2 is 2.05 bits per heavy atom. The van der Waals surface area contributed by atoms with Crippen LogP contribution in [0.1, 0.15) is 26.5 Å². The summed E-state index contributed by atoms with van der Waals surface area (Å²) in [6, 6.07) is 7.43. The summed E-state index contributed by atoms with van der Waals surface area (Å²) in [5.74, 6) is 0. The van der Waals surface area contributed by atoms with Crippen LogP contribution in [0, 0.1) is 0 Å². The molecular weight excluding hydrogens is 348 g/mol. The van der Waals surface area contributed by atoms with E-state index < -0.39 is 11.7 Å². The molecule has 5 nitrogen and oxygen atoms in total. The van der Waals surface area contributed by atoms with Crippen molar-refractivity contribution in [1.82, 2.24) is 10.3 Å². The Labute approximate surface area is 137 Å². The van der Waals surface area contributed by atoms with Crippen LogP contribution in [0.2, 0.25) is 0 Å². The number of H-pyrrole nitrogens is 1. The molecule has 22 heavy (non-hydrogen) atoms. The topological polar surface area (TPSA) is 71.2 Å². The molecule has 0 aliphatic carbocycles. The van der Waals surface area contributed by atoms with Crippen molar-refractivity contribution in [2.75, 3.05) is 6.54 Å². The van der Waals surface area contributed by atoms with Gasteiger partial charge in [-0.15, -0.1) is 0 Å². The second-order valence-electron chi connectivity index (χ2n) is 6.03. The normalized spacial score (nSPS) is 11.5. The number of ether oxygens (including phenoxy) is 1. The number of aromatic amines is 1. The number of carbonyl (C=O) groups excluding carboxylic acids is 1. The maximum atomic E-state index is 12.0. The Morgan fingerprint density at radius 1 is 1.32 bits per heavy atom. The summed E-state index contributed by atoms with van der Waals surface area (Å²) in [6.07, 6.45) is 0.0649. The van der Waals surface area contributed by atoms with Gasteiger partial charge in [0.1, 0.15) is 5.60 Å².